The van der Waals surface area contributed by atoms with Crippen molar-refractivity contribution < 1.29 is 9.53 Å². The van der Waals surface area contributed by atoms with Gasteiger partial charge in [-0.2, -0.15) is 0 Å². The minimum absolute atomic E-state index is 0.228. The number of aromatic amines is 1. The highest BCUT2D eigenvalue weighted by atomic mass is 16.5. The van der Waals surface area contributed by atoms with E-state index in [4.69, 9.17) is 4.74 Å². The maximum Gasteiger partial charge on any atom is 0.320 e. The van der Waals surface area contributed by atoms with Gasteiger partial charge < -0.3 is 15.0 Å². The van der Waals surface area contributed by atoms with Gasteiger partial charge in [-0.05, 0) is 6.07 Å². The van der Waals surface area contributed by atoms with E-state index in [1.807, 2.05) is 44.3 Å². The molecule has 0 amide bonds. The molecule has 18 heavy (non-hydrogen) atoms. The van der Waals surface area contributed by atoms with E-state index in [0.29, 0.717) is 6.61 Å². The Morgan fingerprint density at radius 3 is 2.94 bits per heavy atom. The molecule has 0 saturated carbocycles. The number of para-hydroxylation sites is 1. The molecule has 2 N–H and O–H groups in total. The molecule has 0 aliphatic rings. The van der Waals surface area contributed by atoms with Crippen LogP contribution in [0.4, 0.5) is 0 Å². The van der Waals surface area contributed by atoms with Crippen molar-refractivity contribution in [3.05, 3.63) is 36.0 Å². The topological polar surface area (TPSA) is 54.1 Å². The molecule has 0 spiro atoms. The van der Waals surface area contributed by atoms with E-state index in [1.54, 1.807) is 0 Å². The Morgan fingerprint density at radius 2 is 2.17 bits per heavy atom. The van der Waals surface area contributed by atoms with Gasteiger partial charge >= 0.3 is 5.97 Å². The Morgan fingerprint density at radius 1 is 1.39 bits per heavy atom. The molecule has 2 rings (SSSR count). The van der Waals surface area contributed by atoms with Gasteiger partial charge in [0.15, 0.2) is 0 Å². The molecule has 0 aliphatic carbocycles. The average Bonchev–Trinajstić information content (AvgIpc) is 2.77. The van der Waals surface area contributed by atoms with Crippen LogP contribution in [0.3, 0.4) is 0 Å². The number of ether oxygens (including phenoxy) is 1. The first-order chi connectivity index (χ1) is 8.66. The average molecular weight is 246 g/mol. The van der Waals surface area contributed by atoms with Crippen molar-refractivity contribution in [1.29, 1.82) is 0 Å². The summed E-state index contributed by atoms with van der Waals surface area (Å²) in [5, 5.41) is 4.13. The summed E-state index contributed by atoms with van der Waals surface area (Å²) in [5.41, 5.74) is 2.06. The predicted molar refractivity (Wildman–Crippen MR) is 71.2 cm³/mol. The molecule has 0 bridgehead atoms. The SMILES string of the molecule is CC(C)NCC(=O)OCc1c[nH]c2ccccc12. The second-order valence-corrected chi connectivity index (χ2v) is 4.56. The lowest BCUT2D eigenvalue weighted by Gasteiger charge is -2.07. The lowest BCUT2D eigenvalue weighted by atomic mass is 10.2. The molecule has 1 aromatic heterocycles. The number of H-pyrrole nitrogens is 1. The largest absolute Gasteiger partial charge is 0.460 e. The highest BCUT2D eigenvalue weighted by Gasteiger charge is 2.07. The minimum Gasteiger partial charge on any atom is -0.460 e. The predicted octanol–water partition coefficient (Wildman–Crippen LogP) is 2.21. The Labute approximate surface area is 106 Å². The number of hydrogen-bond acceptors (Lipinski definition) is 3. The smallest absolute Gasteiger partial charge is 0.320 e. The van der Waals surface area contributed by atoms with Gasteiger partial charge in [0.05, 0.1) is 6.54 Å². The summed E-state index contributed by atoms with van der Waals surface area (Å²) < 4.78 is 5.22. The number of fused-ring (bicyclic) bond motifs is 1. The zero-order valence-corrected chi connectivity index (χ0v) is 10.7. The Balaban J connectivity index is 1.92. The molecule has 0 aliphatic heterocycles. The maximum atomic E-state index is 11.5. The third-order valence-electron chi connectivity index (χ3n) is 2.72. The normalized spacial score (nSPS) is 11.1. The van der Waals surface area contributed by atoms with E-state index < -0.39 is 0 Å². The van der Waals surface area contributed by atoms with Crippen molar-refractivity contribution in [3.8, 4) is 0 Å². The van der Waals surface area contributed by atoms with Gasteiger partial charge in [-0.3, -0.25) is 4.79 Å². The third kappa shape index (κ3) is 3.11. The zero-order valence-electron chi connectivity index (χ0n) is 10.7. The van der Waals surface area contributed by atoms with Crippen LogP contribution in [0.2, 0.25) is 0 Å². The minimum atomic E-state index is -0.228. The van der Waals surface area contributed by atoms with Crippen LogP contribution in [0.15, 0.2) is 30.5 Å². The van der Waals surface area contributed by atoms with Crippen LogP contribution in [0.1, 0.15) is 19.4 Å². The van der Waals surface area contributed by atoms with Crippen LogP contribution >= 0.6 is 0 Å². The number of hydrogen-bond donors (Lipinski definition) is 2. The summed E-state index contributed by atoms with van der Waals surface area (Å²) in [5.74, 6) is -0.228. The Kier molecular flexibility index (Phi) is 3.99. The van der Waals surface area contributed by atoms with E-state index in [2.05, 4.69) is 10.3 Å². The van der Waals surface area contributed by atoms with E-state index >= 15 is 0 Å². The molecule has 0 unspecified atom stereocenters. The van der Waals surface area contributed by atoms with E-state index in [9.17, 15) is 4.79 Å². The van der Waals surface area contributed by atoms with Gasteiger partial charge in [-0.25, -0.2) is 0 Å². The molecule has 4 nitrogen and oxygen atoms in total. The quantitative estimate of drug-likeness (QED) is 0.795. The van der Waals surface area contributed by atoms with Gasteiger partial charge in [-0.1, -0.05) is 32.0 Å². The molecule has 1 heterocycles. The first-order valence-corrected chi connectivity index (χ1v) is 6.11. The van der Waals surface area contributed by atoms with Crippen molar-refractivity contribution in [2.75, 3.05) is 6.54 Å². The van der Waals surface area contributed by atoms with Crippen LogP contribution < -0.4 is 5.32 Å². The van der Waals surface area contributed by atoms with E-state index in [0.717, 1.165) is 16.5 Å². The van der Waals surface area contributed by atoms with Crippen LogP contribution in [0, 0.1) is 0 Å². The molecule has 0 atom stereocenters. The van der Waals surface area contributed by atoms with Gasteiger partial charge in [0.1, 0.15) is 6.61 Å². The third-order valence-corrected chi connectivity index (χ3v) is 2.72. The van der Waals surface area contributed by atoms with Crippen molar-refractivity contribution >= 4 is 16.9 Å². The molecule has 1 aromatic carbocycles. The van der Waals surface area contributed by atoms with Gasteiger partial charge in [0.25, 0.3) is 0 Å². The highest BCUT2D eigenvalue weighted by Crippen LogP contribution is 2.18. The monoisotopic (exact) mass is 246 g/mol. The summed E-state index contributed by atoms with van der Waals surface area (Å²) in [6, 6.07) is 8.25. The number of carbonyl (C=O) groups excluding carboxylic acids is 1. The molecule has 2 aromatic rings. The van der Waals surface area contributed by atoms with Gasteiger partial charge in [0.2, 0.25) is 0 Å². The fourth-order valence-electron chi connectivity index (χ4n) is 1.75. The zero-order chi connectivity index (χ0) is 13.0. The summed E-state index contributed by atoms with van der Waals surface area (Å²) in [7, 11) is 0. The fraction of sp³-hybridized carbons (Fsp3) is 0.357. The number of benzene rings is 1. The summed E-state index contributed by atoms with van der Waals surface area (Å²) in [4.78, 5) is 14.6. The molecule has 0 radical (unpaired) electrons. The highest BCUT2D eigenvalue weighted by molar-refractivity contribution is 5.83. The summed E-state index contributed by atoms with van der Waals surface area (Å²) >= 11 is 0. The first-order valence-electron chi connectivity index (χ1n) is 6.11. The second-order valence-electron chi connectivity index (χ2n) is 4.56. The number of carbonyl (C=O) groups is 1. The van der Waals surface area contributed by atoms with Crippen LogP contribution in [0.5, 0.6) is 0 Å². The first kappa shape index (κ1) is 12.6. The standard InChI is InChI=1S/C14H18N2O2/c1-10(2)15-8-14(17)18-9-11-7-16-13-6-4-3-5-12(11)13/h3-7,10,15-16H,8-9H2,1-2H3. The van der Waals surface area contributed by atoms with Gasteiger partial charge in [-0.15, -0.1) is 0 Å². The lowest BCUT2D eigenvalue weighted by Crippen LogP contribution is -2.30. The summed E-state index contributed by atoms with van der Waals surface area (Å²) in [6.45, 7) is 4.54. The van der Waals surface area contributed by atoms with Crippen molar-refractivity contribution in [3.63, 3.8) is 0 Å². The van der Waals surface area contributed by atoms with Crippen molar-refractivity contribution in [1.82, 2.24) is 10.3 Å². The number of aromatic nitrogens is 1. The number of esters is 1. The van der Waals surface area contributed by atoms with E-state index in [-0.39, 0.29) is 18.6 Å². The van der Waals surface area contributed by atoms with Gasteiger partial charge in [0, 0.05) is 28.7 Å². The van der Waals surface area contributed by atoms with Crippen molar-refractivity contribution in [2.24, 2.45) is 0 Å². The Bertz CT molecular complexity index is 531. The lowest BCUT2D eigenvalue weighted by molar-refractivity contribution is -0.143. The van der Waals surface area contributed by atoms with E-state index in [1.165, 1.54) is 0 Å². The second kappa shape index (κ2) is 5.69. The van der Waals surface area contributed by atoms with Crippen LogP contribution in [-0.2, 0) is 16.1 Å². The number of nitrogens with one attached hydrogen (secondary N) is 2. The molecule has 96 valence electrons. The molecule has 0 fully saturated rings. The van der Waals surface area contributed by atoms with Crippen LogP contribution in [-0.4, -0.2) is 23.5 Å². The molecule has 4 heteroatoms. The molecular formula is C14H18N2O2. The molecular weight excluding hydrogens is 228 g/mol. The number of rotatable bonds is 5. The summed E-state index contributed by atoms with van der Waals surface area (Å²) in [6.07, 6.45) is 1.88. The Hall–Kier alpha value is -1.81. The fourth-order valence-corrected chi connectivity index (χ4v) is 1.75. The van der Waals surface area contributed by atoms with Crippen molar-refractivity contribution in [2.45, 2.75) is 26.5 Å². The van der Waals surface area contributed by atoms with Crippen LogP contribution in [0.25, 0.3) is 10.9 Å². The maximum absolute atomic E-state index is 11.5. The molecule has 0 saturated heterocycles.